The van der Waals surface area contributed by atoms with Crippen LogP contribution in [0.3, 0.4) is 0 Å². The van der Waals surface area contributed by atoms with Gasteiger partial charge in [-0.3, -0.25) is 4.79 Å². The maximum Gasteiger partial charge on any atom is 0.341 e. The molecule has 1 N–H and O–H groups in total. The Balaban J connectivity index is 1.86. The van der Waals surface area contributed by atoms with Crippen LogP contribution in [0.5, 0.6) is 17.2 Å². The first kappa shape index (κ1) is 22.0. The first-order valence-electron chi connectivity index (χ1n) is 9.83. The highest BCUT2D eigenvalue weighted by Crippen LogP contribution is 2.39. The Kier molecular flexibility index (Phi) is 7.20. The van der Waals surface area contributed by atoms with E-state index < -0.39 is 5.97 Å². The molecule has 1 amide bonds. The Hall–Kier alpha value is -2.74. The Morgan fingerprint density at radius 1 is 0.967 bits per heavy atom. The van der Waals surface area contributed by atoms with Crippen LogP contribution >= 0.6 is 11.3 Å². The SMILES string of the molecule is COC(=O)c1c(NC(=O)Cc2cc(OC)c(OC)c(OC)c2)sc2c1CCCCC2. The van der Waals surface area contributed by atoms with E-state index in [1.165, 1.54) is 39.8 Å². The number of aryl methyl sites for hydroxylation is 1. The van der Waals surface area contributed by atoms with E-state index in [4.69, 9.17) is 18.9 Å². The number of anilines is 1. The summed E-state index contributed by atoms with van der Waals surface area (Å²) >= 11 is 1.48. The number of ether oxygens (including phenoxy) is 4. The molecule has 0 saturated carbocycles. The fourth-order valence-corrected chi connectivity index (χ4v) is 5.04. The number of esters is 1. The molecule has 7 nitrogen and oxygen atoms in total. The van der Waals surface area contributed by atoms with E-state index in [9.17, 15) is 9.59 Å². The van der Waals surface area contributed by atoms with Crippen LogP contribution < -0.4 is 19.5 Å². The largest absolute Gasteiger partial charge is 0.493 e. The number of rotatable bonds is 7. The van der Waals surface area contributed by atoms with Gasteiger partial charge in [-0.1, -0.05) is 6.42 Å². The van der Waals surface area contributed by atoms with Crippen molar-refractivity contribution in [2.45, 2.75) is 38.5 Å². The number of nitrogens with one attached hydrogen (secondary N) is 1. The zero-order chi connectivity index (χ0) is 21.7. The minimum Gasteiger partial charge on any atom is -0.493 e. The minimum absolute atomic E-state index is 0.0971. The van der Waals surface area contributed by atoms with Crippen LogP contribution in [0.1, 0.15) is 45.6 Å². The lowest BCUT2D eigenvalue weighted by Crippen LogP contribution is -2.16. The van der Waals surface area contributed by atoms with Crippen molar-refractivity contribution in [3.63, 3.8) is 0 Å². The number of thiophene rings is 1. The molecule has 0 fully saturated rings. The fourth-order valence-electron chi connectivity index (χ4n) is 3.74. The van der Waals surface area contributed by atoms with Crippen molar-refractivity contribution < 1.29 is 28.5 Å². The molecule has 2 aromatic rings. The third-order valence-electron chi connectivity index (χ3n) is 5.15. The number of carbonyl (C=O) groups excluding carboxylic acids is 2. The number of amides is 1. The summed E-state index contributed by atoms with van der Waals surface area (Å²) in [4.78, 5) is 26.4. The van der Waals surface area contributed by atoms with Gasteiger partial charge in [-0.15, -0.1) is 11.3 Å². The van der Waals surface area contributed by atoms with E-state index in [0.29, 0.717) is 33.4 Å². The lowest BCUT2D eigenvalue weighted by atomic mass is 10.1. The van der Waals surface area contributed by atoms with E-state index in [1.54, 1.807) is 12.1 Å². The molecule has 0 atom stereocenters. The van der Waals surface area contributed by atoms with Crippen molar-refractivity contribution in [1.29, 1.82) is 0 Å². The summed E-state index contributed by atoms with van der Waals surface area (Å²) in [5, 5.41) is 3.48. The molecule has 1 heterocycles. The number of methoxy groups -OCH3 is 4. The monoisotopic (exact) mass is 433 g/mol. The zero-order valence-electron chi connectivity index (χ0n) is 17.8. The van der Waals surface area contributed by atoms with Gasteiger partial charge in [0.05, 0.1) is 40.4 Å². The number of hydrogen-bond acceptors (Lipinski definition) is 7. The molecule has 1 aliphatic rings. The first-order valence-corrected chi connectivity index (χ1v) is 10.7. The molecule has 0 bridgehead atoms. The van der Waals surface area contributed by atoms with E-state index in [-0.39, 0.29) is 12.3 Å². The van der Waals surface area contributed by atoms with Gasteiger partial charge < -0.3 is 24.3 Å². The smallest absolute Gasteiger partial charge is 0.341 e. The van der Waals surface area contributed by atoms with Crippen molar-refractivity contribution in [2.75, 3.05) is 33.8 Å². The van der Waals surface area contributed by atoms with Crippen molar-refractivity contribution in [3.05, 3.63) is 33.7 Å². The molecule has 0 aliphatic heterocycles. The second kappa shape index (κ2) is 9.84. The normalized spacial score (nSPS) is 13.1. The maximum absolute atomic E-state index is 12.8. The van der Waals surface area contributed by atoms with Gasteiger partial charge in [0.2, 0.25) is 11.7 Å². The van der Waals surface area contributed by atoms with E-state index in [1.807, 2.05) is 0 Å². The lowest BCUT2D eigenvalue weighted by molar-refractivity contribution is -0.115. The summed E-state index contributed by atoms with van der Waals surface area (Å²) in [5.41, 5.74) is 2.23. The molecule has 1 aliphatic carbocycles. The molecular weight excluding hydrogens is 406 g/mol. The predicted molar refractivity (Wildman–Crippen MR) is 115 cm³/mol. The summed E-state index contributed by atoms with van der Waals surface area (Å²) in [7, 11) is 5.96. The van der Waals surface area contributed by atoms with Gasteiger partial charge in [0.25, 0.3) is 0 Å². The number of hydrogen-bond donors (Lipinski definition) is 1. The standard InChI is InChI=1S/C22H27NO6S/c1-26-15-10-13(11-16(27-2)20(15)28-3)12-18(24)23-21-19(22(25)29-4)14-8-6-5-7-9-17(14)30-21/h10-11H,5-9,12H2,1-4H3,(H,23,24). The van der Waals surface area contributed by atoms with Crippen LogP contribution in [0.4, 0.5) is 5.00 Å². The highest BCUT2D eigenvalue weighted by Gasteiger charge is 2.26. The Morgan fingerprint density at radius 3 is 2.23 bits per heavy atom. The highest BCUT2D eigenvalue weighted by atomic mass is 32.1. The Morgan fingerprint density at radius 2 is 1.63 bits per heavy atom. The molecule has 162 valence electrons. The van der Waals surface area contributed by atoms with Crippen LogP contribution in [0.2, 0.25) is 0 Å². The van der Waals surface area contributed by atoms with Gasteiger partial charge in [0.15, 0.2) is 11.5 Å². The third kappa shape index (κ3) is 4.53. The minimum atomic E-state index is -0.405. The molecule has 0 spiro atoms. The third-order valence-corrected chi connectivity index (χ3v) is 6.36. The van der Waals surface area contributed by atoms with Crippen LogP contribution in [-0.2, 0) is 28.8 Å². The van der Waals surface area contributed by atoms with Crippen molar-refractivity contribution in [3.8, 4) is 17.2 Å². The fraction of sp³-hybridized carbons (Fsp3) is 0.455. The quantitative estimate of drug-likeness (QED) is 0.525. The van der Waals surface area contributed by atoms with Gasteiger partial charge in [0, 0.05) is 4.88 Å². The molecule has 0 radical (unpaired) electrons. The van der Waals surface area contributed by atoms with Crippen LogP contribution in [0.25, 0.3) is 0 Å². The average molecular weight is 434 g/mol. The van der Waals surface area contributed by atoms with Gasteiger partial charge in [0.1, 0.15) is 5.00 Å². The van der Waals surface area contributed by atoms with Gasteiger partial charge in [-0.05, 0) is 48.9 Å². The first-order chi connectivity index (χ1) is 14.5. The molecular formula is C22H27NO6S. The molecule has 0 unspecified atom stereocenters. The zero-order valence-corrected chi connectivity index (χ0v) is 18.6. The summed E-state index contributed by atoms with van der Waals surface area (Å²) in [5.74, 6) is 0.804. The maximum atomic E-state index is 12.8. The van der Waals surface area contributed by atoms with Crippen molar-refractivity contribution >= 4 is 28.2 Å². The second-order valence-corrected chi connectivity index (χ2v) is 8.12. The van der Waals surface area contributed by atoms with E-state index in [2.05, 4.69) is 5.32 Å². The van der Waals surface area contributed by atoms with Crippen LogP contribution in [0.15, 0.2) is 12.1 Å². The number of benzene rings is 1. The molecule has 3 rings (SSSR count). The topological polar surface area (TPSA) is 83.1 Å². The summed E-state index contributed by atoms with van der Waals surface area (Å²) < 4.78 is 21.0. The van der Waals surface area contributed by atoms with Crippen molar-refractivity contribution in [2.24, 2.45) is 0 Å². The second-order valence-electron chi connectivity index (χ2n) is 7.02. The molecule has 1 aromatic carbocycles. The molecule has 30 heavy (non-hydrogen) atoms. The van der Waals surface area contributed by atoms with E-state index >= 15 is 0 Å². The van der Waals surface area contributed by atoms with Gasteiger partial charge in [-0.25, -0.2) is 4.79 Å². The van der Waals surface area contributed by atoms with Crippen LogP contribution in [-0.4, -0.2) is 40.3 Å². The van der Waals surface area contributed by atoms with Crippen molar-refractivity contribution in [1.82, 2.24) is 0 Å². The highest BCUT2D eigenvalue weighted by molar-refractivity contribution is 7.17. The Labute approximate surface area is 180 Å². The predicted octanol–water partition coefficient (Wildman–Crippen LogP) is 4.01. The number of fused-ring (bicyclic) bond motifs is 1. The van der Waals surface area contributed by atoms with Crippen LogP contribution in [0, 0.1) is 0 Å². The molecule has 8 heteroatoms. The average Bonchev–Trinajstić information content (AvgIpc) is 2.92. The summed E-state index contributed by atoms with van der Waals surface area (Å²) in [6, 6.07) is 3.48. The summed E-state index contributed by atoms with van der Waals surface area (Å²) in [6.07, 6.45) is 5.12. The summed E-state index contributed by atoms with van der Waals surface area (Å²) in [6.45, 7) is 0. The Bertz CT molecular complexity index is 911. The van der Waals surface area contributed by atoms with Gasteiger partial charge in [-0.2, -0.15) is 0 Å². The van der Waals surface area contributed by atoms with E-state index in [0.717, 1.165) is 42.5 Å². The number of carbonyl (C=O) groups is 2. The van der Waals surface area contributed by atoms with Gasteiger partial charge >= 0.3 is 5.97 Å². The molecule has 1 aromatic heterocycles. The molecule has 0 saturated heterocycles. The lowest BCUT2D eigenvalue weighted by Gasteiger charge is -2.14.